The van der Waals surface area contributed by atoms with Crippen LogP contribution in [-0.4, -0.2) is 42.8 Å². The summed E-state index contributed by atoms with van der Waals surface area (Å²) < 4.78 is 16.5. The molecule has 1 heterocycles. The number of ether oxygens (including phenoxy) is 3. The van der Waals surface area contributed by atoms with Crippen molar-refractivity contribution < 1.29 is 24.1 Å². The second-order valence-corrected chi connectivity index (χ2v) is 7.09. The molecule has 2 aromatic carbocycles. The molecule has 1 fully saturated rings. The molecule has 0 radical (unpaired) electrons. The smallest absolute Gasteiger partial charge is 0.308 e. The van der Waals surface area contributed by atoms with Gasteiger partial charge < -0.3 is 19.3 Å². The van der Waals surface area contributed by atoms with Gasteiger partial charge in [-0.05, 0) is 44.0 Å². The van der Waals surface area contributed by atoms with E-state index < -0.39 is 5.97 Å². The highest BCUT2D eigenvalue weighted by Gasteiger charge is 2.32. The molecule has 0 spiro atoms. The van der Waals surface area contributed by atoms with Crippen LogP contribution in [0.3, 0.4) is 0 Å². The standard InChI is InChI=1S/C22H27NO5/c1-15-21(22(24)25)5-4-10-23(15)14-16-6-8-17(9-7-16)28-20-12-18(26-2)11-19(13-20)27-3/h6-9,11-13,15,21H,4-5,10,14H2,1-3H3,(H,24,25)/t15-,21-/m0/s1. The number of hydrogen-bond acceptors (Lipinski definition) is 5. The van der Waals surface area contributed by atoms with E-state index in [2.05, 4.69) is 4.90 Å². The zero-order valence-corrected chi connectivity index (χ0v) is 16.6. The Bertz CT molecular complexity index is 783. The number of benzene rings is 2. The van der Waals surface area contributed by atoms with Gasteiger partial charge >= 0.3 is 5.97 Å². The number of aliphatic carboxylic acids is 1. The number of carbonyl (C=O) groups is 1. The van der Waals surface area contributed by atoms with Crippen molar-refractivity contribution >= 4 is 5.97 Å². The third-order valence-electron chi connectivity index (χ3n) is 5.31. The van der Waals surface area contributed by atoms with Crippen LogP contribution in [-0.2, 0) is 11.3 Å². The van der Waals surface area contributed by atoms with Crippen LogP contribution < -0.4 is 14.2 Å². The Hall–Kier alpha value is -2.73. The molecule has 2 atom stereocenters. The maximum absolute atomic E-state index is 11.4. The van der Waals surface area contributed by atoms with Crippen LogP contribution in [0.5, 0.6) is 23.0 Å². The lowest BCUT2D eigenvalue weighted by molar-refractivity contribution is -0.145. The Kier molecular flexibility index (Phi) is 6.41. The predicted octanol–water partition coefficient (Wildman–Crippen LogP) is 4.18. The fourth-order valence-electron chi connectivity index (χ4n) is 3.64. The summed E-state index contributed by atoms with van der Waals surface area (Å²) >= 11 is 0. The summed E-state index contributed by atoms with van der Waals surface area (Å²) in [6, 6.07) is 13.3. The predicted molar refractivity (Wildman–Crippen MR) is 106 cm³/mol. The maximum atomic E-state index is 11.4. The second-order valence-electron chi connectivity index (χ2n) is 7.09. The molecular formula is C22H27NO5. The molecule has 0 amide bonds. The van der Waals surface area contributed by atoms with E-state index >= 15 is 0 Å². The minimum Gasteiger partial charge on any atom is -0.496 e. The van der Waals surface area contributed by atoms with E-state index in [-0.39, 0.29) is 12.0 Å². The number of carboxylic acids is 1. The number of nitrogens with zero attached hydrogens (tertiary/aromatic N) is 1. The second kappa shape index (κ2) is 8.97. The topological polar surface area (TPSA) is 68.2 Å². The summed E-state index contributed by atoms with van der Waals surface area (Å²) in [5.74, 6) is 1.69. The highest BCUT2D eigenvalue weighted by atomic mass is 16.5. The van der Waals surface area contributed by atoms with Crippen molar-refractivity contribution in [3.05, 3.63) is 48.0 Å². The number of methoxy groups -OCH3 is 2. The molecule has 2 aromatic rings. The van der Waals surface area contributed by atoms with Crippen molar-refractivity contribution in [1.82, 2.24) is 4.90 Å². The molecule has 0 saturated carbocycles. The van der Waals surface area contributed by atoms with Crippen molar-refractivity contribution in [3.63, 3.8) is 0 Å². The summed E-state index contributed by atoms with van der Waals surface area (Å²) in [6.45, 7) is 3.66. The lowest BCUT2D eigenvalue weighted by Gasteiger charge is -2.37. The van der Waals surface area contributed by atoms with Crippen molar-refractivity contribution in [2.45, 2.75) is 32.4 Å². The molecule has 28 heavy (non-hydrogen) atoms. The molecule has 1 aliphatic heterocycles. The Morgan fingerprint density at radius 3 is 2.21 bits per heavy atom. The number of carboxylic acid groups (broad SMARTS) is 1. The van der Waals surface area contributed by atoms with Crippen LogP contribution in [0.2, 0.25) is 0 Å². The van der Waals surface area contributed by atoms with Gasteiger partial charge in [-0.15, -0.1) is 0 Å². The molecule has 1 saturated heterocycles. The molecule has 0 unspecified atom stereocenters. The molecule has 1 N–H and O–H groups in total. The van der Waals surface area contributed by atoms with Gasteiger partial charge in [-0.2, -0.15) is 0 Å². The van der Waals surface area contributed by atoms with Gasteiger partial charge in [0.2, 0.25) is 0 Å². The van der Waals surface area contributed by atoms with Crippen molar-refractivity contribution in [2.75, 3.05) is 20.8 Å². The molecule has 0 aromatic heterocycles. The Labute approximate surface area is 165 Å². The summed E-state index contributed by atoms with van der Waals surface area (Å²) in [4.78, 5) is 13.7. The molecule has 6 heteroatoms. The molecule has 0 bridgehead atoms. The average Bonchev–Trinajstić information content (AvgIpc) is 2.70. The lowest BCUT2D eigenvalue weighted by Crippen LogP contribution is -2.45. The van der Waals surface area contributed by atoms with E-state index in [0.717, 1.165) is 31.5 Å². The lowest BCUT2D eigenvalue weighted by atomic mass is 9.90. The quantitative estimate of drug-likeness (QED) is 0.771. The van der Waals surface area contributed by atoms with Gasteiger partial charge in [0.15, 0.2) is 0 Å². The summed E-state index contributed by atoms with van der Waals surface area (Å²) in [5, 5.41) is 9.38. The first kappa shape index (κ1) is 20.0. The zero-order chi connectivity index (χ0) is 20.1. The van der Waals surface area contributed by atoms with Gasteiger partial charge in [0, 0.05) is 30.8 Å². The van der Waals surface area contributed by atoms with Crippen LogP contribution >= 0.6 is 0 Å². The van der Waals surface area contributed by atoms with Crippen LogP contribution in [0.1, 0.15) is 25.3 Å². The minimum absolute atomic E-state index is 0.0337. The molecule has 0 aliphatic carbocycles. The Balaban J connectivity index is 1.66. The number of hydrogen-bond donors (Lipinski definition) is 1. The number of rotatable bonds is 7. The summed E-state index contributed by atoms with van der Waals surface area (Å²) in [6.07, 6.45) is 1.67. The van der Waals surface area contributed by atoms with E-state index in [1.54, 1.807) is 32.4 Å². The third-order valence-corrected chi connectivity index (χ3v) is 5.31. The molecule has 6 nitrogen and oxygen atoms in total. The normalized spacial score (nSPS) is 19.8. The third kappa shape index (κ3) is 4.75. The first-order chi connectivity index (χ1) is 13.5. The Morgan fingerprint density at radius 1 is 1.04 bits per heavy atom. The van der Waals surface area contributed by atoms with Crippen LogP contribution in [0, 0.1) is 5.92 Å². The van der Waals surface area contributed by atoms with E-state index in [0.29, 0.717) is 23.0 Å². The average molecular weight is 385 g/mol. The summed E-state index contributed by atoms with van der Waals surface area (Å²) in [7, 11) is 3.20. The van der Waals surface area contributed by atoms with Gasteiger partial charge in [0.25, 0.3) is 0 Å². The molecule has 3 rings (SSSR count). The van der Waals surface area contributed by atoms with Crippen molar-refractivity contribution in [2.24, 2.45) is 5.92 Å². The van der Waals surface area contributed by atoms with Crippen molar-refractivity contribution in [1.29, 1.82) is 0 Å². The van der Waals surface area contributed by atoms with E-state index in [4.69, 9.17) is 14.2 Å². The first-order valence-corrected chi connectivity index (χ1v) is 9.47. The Morgan fingerprint density at radius 2 is 1.64 bits per heavy atom. The van der Waals surface area contributed by atoms with Crippen LogP contribution in [0.4, 0.5) is 0 Å². The van der Waals surface area contributed by atoms with Crippen molar-refractivity contribution in [3.8, 4) is 23.0 Å². The monoisotopic (exact) mass is 385 g/mol. The first-order valence-electron chi connectivity index (χ1n) is 9.47. The number of likely N-dealkylation sites (tertiary alicyclic amines) is 1. The van der Waals surface area contributed by atoms with Gasteiger partial charge in [-0.25, -0.2) is 0 Å². The van der Waals surface area contributed by atoms with Crippen LogP contribution in [0.25, 0.3) is 0 Å². The highest BCUT2D eigenvalue weighted by Crippen LogP contribution is 2.31. The van der Waals surface area contributed by atoms with Gasteiger partial charge in [-0.1, -0.05) is 12.1 Å². The highest BCUT2D eigenvalue weighted by molar-refractivity contribution is 5.71. The van der Waals surface area contributed by atoms with Gasteiger partial charge in [-0.3, -0.25) is 9.69 Å². The van der Waals surface area contributed by atoms with E-state index in [1.807, 2.05) is 31.2 Å². The maximum Gasteiger partial charge on any atom is 0.308 e. The van der Waals surface area contributed by atoms with E-state index in [1.165, 1.54) is 0 Å². The molecular weight excluding hydrogens is 358 g/mol. The van der Waals surface area contributed by atoms with E-state index in [9.17, 15) is 9.90 Å². The number of piperidine rings is 1. The summed E-state index contributed by atoms with van der Waals surface area (Å²) in [5.41, 5.74) is 1.13. The zero-order valence-electron chi connectivity index (χ0n) is 16.6. The largest absolute Gasteiger partial charge is 0.496 e. The fraction of sp³-hybridized carbons (Fsp3) is 0.409. The van der Waals surface area contributed by atoms with Gasteiger partial charge in [0.1, 0.15) is 23.0 Å². The molecule has 1 aliphatic rings. The molecule has 150 valence electrons. The minimum atomic E-state index is -0.699. The van der Waals surface area contributed by atoms with Gasteiger partial charge in [0.05, 0.1) is 20.1 Å². The van der Waals surface area contributed by atoms with Crippen LogP contribution in [0.15, 0.2) is 42.5 Å². The fourth-order valence-corrected chi connectivity index (χ4v) is 3.64. The SMILES string of the molecule is COc1cc(OC)cc(Oc2ccc(CN3CCC[C@H](C(=O)O)[C@@H]3C)cc2)c1.